The van der Waals surface area contributed by atoms with Gasteiger partial charge in [0, 0.05) is 12.1 Å². The number of halogens is 1. The molecule has 6 nitrogen and oxygen atoms in total. The monoisotopic (exact) mass is 281 g/mol. The molecule has 0 aliphatic carbocycles. The first-order chi connectivity index (χ1) is 8.99. The van der Waals surface area contributed by atoms with Gasteiger partial charge < -0.3 is 21.9 Å². The molecule has 2 rings (SSSR count). The summed E-state index contributed by atoms with van der Waals surface area (Å²) in [5.41, 5.74) is 16.9. The molecule has 0 fully saturated rings. The Balaban J connectivity index is 2.37. The van der Waals surface area contributed by atoms with Crippen LogP contribution in [0, 0.1) is 5.82 Å². The van der Waals surface area contributed by atoms with Gasteiger partial charge in [0.25, 0.3) is 0 Å². The molecule has 0 radical (unpaired) electrons. The van der Waals surface area contributed by atoms with Crippen LogP contribution in [0.5, 0.6) is 5.75 Å². The molecule has 1 heterocycles. The Labute approximate surface area is 113 Å². The lowest BCUT2D eigenvalue weighted by atomic mass is 10.3. The van der Waals surface area contributed by atoms with Gasteiger partial charge in [-0.05, 0) is 17.8 Å². The van der Waals surface area contributed by atoms with Crippen LogP contribution in [0.15, 0.2) is 28.3 Å². The highest BCUT2D eigenvalue weighted by Gasteiger charge is 2.12. The number of hydrogen-bond acceptors (Lipinski definition) is 7. The summed E-state index contributed by atoms with van der Waals surface area (Å²) in [4.78, 5) is 8.19. The summed E-state index contributed by atoms with van der Waals surface area (Å²) in [6, 6.07) is 4.07. The first kappa shape index (κ1) is 13.2. The van der Waals surface area contributed by atoms with E-state index in [0.29, 0.717) is 5.75 Å². The average molecular weight is 281 g/mol. The maximum Gasteiger partial charge on any atom is 0.196 e. The molecule has 0 bridgehead atoms. The summed E-state index contributed by atoms with van der Waals surface area (Å²) >= 11 is 0.988. The summed E-state index contributed by atoms with van der Waals surface area (Å²) in [6.07, 6.45) is 0. The van der Waals surface area contributed by atoms with E-state index in [0.717, 1.165) is 11.8 Å². The predicted molar refractivity (Wildman–Crippen MR) is 72.3 cm³/mol. The van der Waals surface area contributed by atoms with Crippen LogP contribution in [-0.4, -0.2) is 17.1 Å². The summed E-state index contributed by atoms with van der Waals surface area (Å²) < 4.78 is 18.8. The van der Waals surface area contributed by atoms with E-state index in [1.54, 1.807) is 0 Å². The summed E-state index contributed by atoms with van der Waals surface area (Å²) in [6.45, 7) is 0. The minimum Gasteiger partial charge on any atom is -0.495 e. The molecule has 0 aliphatic heterocycles. The van der Waals surface area contributed by atoms with Crippen molar-refractivity contribution in [3.63, 3.8) is 0 Å². The number of hydrogen-bond donors (Lipinski definition) is 3. The van der Waals surface area contributed by atoms with Gasteiger partial charge in [-0.1, -0.05) is 0 Å². The van der Waals surface area contributed by atoms with Crippen LogP contribution in [0.2, 0.25) is 0 Å². The SMILES string of the molecule is COc1cc(Sc2nc(N)cc(N)n2)c(F)cc1N. The van der Waals surface area contributed by atoms with Crippen molar-refractivity contribution in [3.8, 4) is 5.75 Å². The predicted octanol–water partition coefficient (Wildman–Crippen LogP) is 1.52. The van der Waals surface area contributed by atoms with E-state index in [4.69, 9.17) is 21.9 Å². The maximum absolute atomic E-state index is 13.8. The standard InChI is InChI=1S/C11H12FN5OS/c1-18-7-3-8(5(12)2-6(7)13)19-11-16-9(14)4-10(15)17-11/h2-4H,13H2,1H3,(H4,14,15,16,17). The van der Waals surface area contributed by atoms with E-state index in [9.17, 15) is 4.39 Å². The molecule has 0 unspecified atom stereocenters. The van der Waals surface area contributed by atoms with Gasteiger partial charge in [0.05, 0.1) is 17.7 Å². The number of benzene rings is 1. The maximum atomic E-state index is 13.8. The number of anilines is 3. The van der Waals surface area contributed by atoms with Gasteiger partial charge in [-0.25, -0.2) is 14.4 Å². The van der Waals surface area contributed by atoms with Crippen LogP contribution in [0.1, 0.15) is 0 Å². The summed E-state index contributed by atoms with van der Waals surface area (Å²) in [7, 11) is 1.45. The molecule has 1 aromatic heterocycles. The number of ether oxygens (including phenoxy) is 1. The number of aromatic nitrogens is 2. The van der Waals surface area contributed by atoms with E-state index in [1.165, 1.54) is 25.3 Å². The number of nitrogen functional groups attached to an aromatic ring is 3. The highest BCUT2D eigenvalue weighted by atomic mass is 32.2. The van der Waals surface area contributed by atoms with Crippen LogP contribution >= 0.6 is 11.8 Å². The average Bonchev–Trinajstić information content (AvgIpc) is 2.31. The van der Waals surface area contributed by atoms with Crippen molar-refractivity contribution in [2.24, 2.45) is 0 Å². The van der Waals surface area contributed by atoms with Crippen LogP contribution in [0.3, 0.4) is 0 Å². The van der Waals surface area contributed by atoms with Gasteiger partial charge in [0.2, 0.25) is 0 Å². The number of methoxy groups -OCH3 is 1. The van der Waals surface area contributed by atoms with Crippen molar-refractivity contribution < 1.29 is 9.13 Å². The van der Waals surface area contributed by atoms with Crippen molar-refractivity contribution in [1.29, 1.82) is 0 Å². The third kappa shape index (κ3) is 2.97. The van der Waals surface area contributed by atoms with E-state index >= 15 is 0 Å². The Kier molecular flexibility index (Phi) is 3.61. The van der Waals surface area contributed by atoms with Crippen LogP contribution in [-0.2, 0) is 0 Å². The lowest BCUT2D eigenvalue weighted by molar-refractivity contribution is 0.414. The Hall–Kier alpha value is -2.22. The molecule has 6 N–H and O–H groups in total. The molecule has 0 amide bonds. The van der Waals surface area contributed by atoms with Crippen LogP contribution in [0.25, 0.3) is 0 Å². The van der Waals surface area contributed by atoms with Gasteiger partial charge >= 0.3 is 0 Å². The largest absolute Gasteiger partial charge is 0.495 e. The second-order valence-corrected chi connectivity index (χ2v) is 4.64. The zero-order chi connectivity index (χ0) is 14.0. The highest BCUT2D eigenvalue weighted by molar-refractivity contribution is 7.99. The molecule has 0 saturated carbocycles. The van der Waals surface area contributed by atoms with E-state index in [-0.39, 0.29) is 27.4 Å². The molecule has 0 spiro atoms. The summed E-state index contributed by atoms with van der Waals surface area (Å²) in [5, 5.41) is 0.253. The second kappa shape index (κ2) is 5.19. The lowest BCUT2D eigenvalue weighted by Gasteiger charge is -2.08. The fourth-order valence-electron chi connectivity index (χ4n) is 1.41. The van der Waals surface area contributed by atoms with Gasteiger partial charge in [-0.3, -0.25) is 0 Å². The second-order valence-electron chi connectivity index (χ2n) is 3.63. The van der Waals surface area contributed by atoms with Crippen molar-refractivity contribution >= 4 is 29.1 Å². The fraction of sp³-hybridized carbons (Fsp3) is 0.0909. The zero-order valence-electron chi connectivity index (χ0n) is 10.1. The van der Waals surface area contributed by atoms with Crippen LogP contribution in [0.4, 0.5) is 21.7 Å². The Morgan fingerprint density at radius 3 is 2.32 bits per heavy atom. The van der Waals surface area contributed by atoms with Gasteiger partial charge in [-0.15, -0.1) is 0 Å². The van der Waals surface area contributed by atoms with Gasteiger partial charge in [0.1, 0.15) is 23.2 Å². The van der Waals surface area contributed by atoms with Gasteiger partial charge in [-0.2, -0.15) is 0 Å². The molecule has 0 atom stereocenters. The Morgan fingerprint density at radius 1 is 1.11 bits per heavy atom. The van der Waals surface area contributed by atoms with Crippen LogP contribution < -0.4 is 21.9 Å². The molecule has 100 valence electrons. The minimum atomic E-state index is -0.493. The molecule has 0 aliphatic rings. The number of nitrogens with zero attached hydrogens (tertiary/aromatic N) is 2. The van der Waals surface area contributed by atoms with Crippen molar-refractivity contribution in [2.45, 2.75) is 10.1 Å². The smallest absolute Gasteiger partial charge is 0.196 e. The molecular formula is C11H12FN5OS. The summed E-state index contributed by atoms with van der Waals surface area (Å²) in [5.74, 6) is 0.323. The van der Waals surface area contributed by atoms with Crippen molar-refractivity contribution in [2.75, 3.05) is 24.3 Å². The first-order valence-electron chi connectivity index (χ1n) is 5.20. The quantitative estimate of drug-likeness (QED) is 0.577. The fourth-order valence-corrected chi connectivity index (χ4v) is 2.23. The first-order valence-corrected chi connectivity index (χ1v) is 6.02. The topological polar surface area (TPSA) is 113 Å². The van der Waals surface area contributed by atoms with Crippen molar-refractivity contribution in [3.05, 3.63) is 24.0 Å². The third-order valence-electron chi connectivity index (χ3n) is 2.23. The normalized spacial score (nSPS) is 10.4. The zero-order valence-corrected chi connectivity index (χ0v) is 10.9. The minimum absolute atomic E-state index is 0.220. The Morgan fingerprint density at radius 2 is 1.74 bits per heavy atom. The molecule has 2 aromatic rings. The number of rotatable bonds is 3. The molecular weight excluding hydrogens is 269 g/mol. The molecule has 0 saturated heterocycles. The van der Waals surface area contributed by atoms with Gasteiger partial charge in [0.15, 0.2) is 5.16 Å². The Bertz CT molecular complexity index is 602. The highest BCUT2D eigenvalue weighted by Crippen LogP contribution is 2.34. The molecule has 19 heavy (non-hydrogen) atoms. The molecule has 8 heteroatoms. The lowest BCUT2D eigenvalue weighted by Crippen LogP contribution is -2.00. The third-order valence-corrected chi connectivity index (χ3v) is 3.13. The van der Waals surface area contributed by atoms with E-state index < -0.39 is 5.82 Å². The molecule has 1 aromatic carbocycles. The van der Waals surface area contributed by atoms with E-state index in [2.05, 4.69) is 9.97 Å². The number of nitrogens with two attached hydrogens (primary N) is 3. The van der Waals surface area contributed by atoms with Crippen molar-refractivity contribution in [1.82, 2.24) is 9.97 Å². The van der Waals surface area contributed by atoms with E-state index in [1.807, 2.05) is 0 Å².